The van der Waals surface area contributed by atoms with E-state index in [9.17, 15) is 14.3 Å². The second-order valence-electron chi connectivity index (χ2n) is 3.91. The van der Waals surface area contributed by atoms with E-state index in [-0.39, 0.29) is 29.9 Å². The van der Waals surface area contributed by atoms with Crippen molar-refractivity contribution in [1.29, 1.82) is 5.41 Å². The van der Waals surface area contributed by atoms with Gasteiger partial charge in [-0.1, -0.05) is 0 Å². The van der Waals surface area contributed by atoms with E-state index in [1.807, 2.05) is 0 Å². The summed E-state index contributed by atoms with van der Waals surface area (Å²) in [5.41, 5.74) is 0.306. The lowest BCUT2D eigenvalue weighted by atomic mass is 10.0. The van der Waals surface area contributed by atoms with Crippen LogP contribution in [-0.2, 0) is 4.79 Å². The number of hydrogen-bond acceptors (Lipinski definition) is 4. The quantitative estimate of drug-likeness (QED) is 0.683. The number of nitrogens with one attached hydrogen (secondary N) is 1. The highest BCUT2D eigenvalue weighted by molar-refractivity contribution is 5.98. The number of aliphatic hydroxyl groups excluding tert-OH is 1. The van der Waals surface area contributed by atoms with E-state index in [4.69, 9.17) is 10.5 Å². The number of halogens is 1. The highest BCUT2D eigenvalue weighted by Crippen LogP contribution is 2.17. The van der Waals surface area contributed by atoms with Crippen LogP contribution < -0.4 is 0 Å². The Morgan fingerprint density at radius 1 is 1.47 bits per heavy atom. The minimum absolute atomic E-state index is 0.0240. The molecule has 0 bridgehead atoms. The fraction of sp³-hybridized carbons (Fsp3) is 0.333. The van der Waals surface area contributed by atoms with Crippen LogP contribution in [0.4, 0.5) is 4.39 Å². The minimum atomic E-state index is -0.933. The summed E-state index contributed by atoms with van der Waals surface area (Å²) in [5, 5.41) is 26.1. The van der Waals surface area contributed by atoms with Gasteiger partial charge < -0.3 is 15.6 Å². The fourth-order valence-corrected chi connectivity index (χ4v) is 1.45. The van der Waals surface area contributed by atoms with Crippen molar-refractivity contribution in [3.8, 4) is 5.75 Å². The van der Waals surface area contributed by atoms with E-state index >= 15 is 0 Å². The largest absolute Gasteiger partial charge is 0.505 e. The van der Waals surface area contributed by atoms with Crippen LogP contribution in [0.3, 0.4) is 0 Å². The molecule has 0 heterocycles. The maximum Gasteiger partial charge on any atom is 0.165 e. The molecule has 0 saturated heterocycles. The van der Waals surface area contributed by atoms with Gasteiger partial charge >= 0.3 is 0 Å². The minimum Gasteiger partial charge on any atom is -0.505 e. The number of aromatic hydroxyl groups is 1. The summed E-state index contributed by atoms with van der Waals surface area (Å²) < 4.78 is 13.0. The van der Waals surface area contributed by atoms with Gasteiger partial charge in [0.25, 0.3) is 0 Å². The average molecular weight is 239 g/mol. The summed E-state index contributed by atoms with van der Waals surface area (Å²) in [5.74, 6) is -1.46. The lowest BCUT2D eigenvalue weighted by molar-refractivity contribution is -0.118. The molecule has 92 valence electrons. The zero-order chi connectivity index (χ0) is 13.0. The third kappa shape index (κ3) is 3.96. The number of rotatable bonds is 5. The number of Topliss-reactive ketones (excluding diaryl/α,β-unsaturated/α-hetero) is 1. The number of carbonyl (C=O) groups is 1. The van der Waals surface area contributed by atoms with Crippen molar-refractivity contribution in [2.45, 2.75) is 25.9 Å². The number of phenolic OH excluding ortho intramolecular Hbond substituents is 1. The van der Waals surface area contributed by atoms with Crippen molar-refractivity contribution in [2.75, 3.05) is 0 Å². The highest BCUT2D eigenvalue weighted by atomic mass is 19.1. The van der Waals surface area contributed by atoms with Crippen LogP contribution in [0.5, 0.6) is 5.75 Å². The molecule has 3 N–H and O–H groups in total. The van der Waals surface area contributed by atoms with E-state index in [0.717, 1.165) is 12.1 Å². The summed E-state index contributed by atoms with van der Waals surface area (Å²) in [4.78, 5) is 10.7. The number of benzene rings is 1. The van der Waals surface area contributed by atoms with Gasteiger partial charge in [-0.15, -0.1) is 0 Å². The lowest BCUT2D eigenvalue weighted by Crippen LogP contribution is -2.16. The maximum atomic E-state index is 13.0. The molecule has 0 aliphatic rings. The SMILES string of the molecule is CC(=O)C[C@H](O)CC(=N)c1ccc(O)c(F)c1. The molecule has 5 heteroatoms. The van der Waals surface area contributed by atoms with Crippen molar-refractivity contribution >= 4 is 11.5 Å². The summed E-state index contributed by atoms with van der Waals surface area (Å²) >= 11 is 0. The molecule has 0 radical (unpaired) electrons. The Labute approximate surface area is 98.2 Å². The zero-order valence-electron chi connectivity index (χ0n) is 9.40. The Kier molecular flexibility index (Phi) is 4.34. The number of ketones is 1. The number of carbonyl (C=O) groups excluding carboxylic acids is 1. The second kappa shape index (κ2) is 5.54. The van der Waals surface area contributed by atoms with Crippen molar-refractivity contribution in [1.82, 2.24) is 0 Å². The summed E-state index contributed by atoms with van der Waals surface area (Å²) in [7, 11) is 0. The van der Waals surface area contributed by atoms with E-state index < -0.39 is 17.7 Å². The first-order valence-corrected chi connectivity index (χ1v) is 5.14. The molecule has 1 rings (SSSR count). The van der Waals surface area contributed by atoms with Gasteiger partial charge in [0.2, 0.25) is 0 Å². The van der Waals surface area contributed by atoms with Crippen LogP contribution in [0.1, 0.15) is 25.3 Å². The van der Waals surface area contributed by atoms with Crippen molar-refractivity contribution in [3.63, 3.8) is 0 Å². The second-order valence-corrected chi connectivity index (χ2v) is 3.91. The first-order valence-electron chi connectivity index (χ1n) is 5.14. The third-order valence-corrected chi connectivity index (χ3v) is 2.26. The Morgan fingerprint density at radius 2 is 2.12 bits per heavy atom. The van der Waals surface area contributed by atoms with Gasteiger partial charge in [-0.3, -0.25) is 4.79 Å². The highest BCUT2D eigenvalue weighted by Gasteiger charge is 2.13. The predicted molar refractivity (Wildman–Crippen MR) is 60.8 cm³/mol. The Hall–Kier alpha value is -1.75. The summed E-state index contributed by atoms with van der Waals surface area (Å²) in [6.07, 6.45) is -0.982. The van der Waals surface area contributed by atoms with E-state index in [1.165, 1.54) is 13.0 Å². The normalized spacial score (nSPS) is 12.2. The smallest absolute Gasteiger partial charge is 0.165 e. The van der Waals surface area contributed by atoms with Crippen LogP contribution in [0, 0.1) is 11.2 Å². The van der Waals surface area contributed by atoms with Crippen LogP contribution in [-0.4, -0.2) is 27.8 Å². The monoisotopic (exact) mass is 239 g/mol. The van der Waals surface area contributed by atoms with Crippen LogP contribution >= 0.6 is 0 Å². The zero-order valence-corrected chi connectivity index (χ0v) is 9.40. The first-order chi connectivity index (χ1) is 7.90. The first kappa shape index (κ1) is 13.3. The molecule has 0 aliphatic heterocycles. The van der Waals surface area contributed by atoms with E-state index in [1.54, 1.807) is 0 Å². The van der Waals surface area contributed by atoms with Crippen molar-refractivity contribution in [2.24, 2.45) is 0 Å². The lowest BCUT2D eigenvalue weighted by Gasteiger charge is -2.10. The molecule has 0 fully saturated rings. The predicted octanol–water partition coefficient (Wildman–Crippen LogP) is 1.63. The molecular formula is C12H14FNO3. The standard InChI is InChI=1S/C12H14FNO3/c1-7(15)4-9(16)6-11(14)8-2-3-12(17)10(13)5-8/h2-3,5,9,14,16-17H,4,6H2,1H3/t9-/m0/s1. The average Bonchev–Trinajstić information content (AvgIpc) is 2.20. The molecular weight excluding hydrogens is 225 g/mol. The van der Waals surface area contributed by atoms with Gasteiger partial charge in [0.05, 0.1) is 6.10 Å². The number of hydrogen-bond donors (Lipinski definition) is 3. The molecule has 0 saturated carbocycles. The fourth-order valence-electron chi connectivity index (χ4n) is 1.45. The molecule has 1 aromatic rings. The Morgan fingerprint density at radius 3 is 2.65 bits per heavy atom. The summed E-state index contributed by atoms with van der Waals surface area (Å²) in [6, 6.07) is 3.57. The third-order valence-electron chi connectivity index (χ3n) is 2.26. The van der Waals surface area contributed by atoms with Gasteiger partial charge in [0.15, 0.2) is 11.6 Å². The van der Waals surface area contributed by atoms with Gasteiger partial charge in [-0.25, -0.2) is 4.39 Å². The number of aliphatic hydroxyl groups is 1. The molecule has 4 nitrogen and oxygen atoms in total. The Balaban J connectivity index is 2.70. The van der Waals surface area contributed by atoms with Gasteiger partial charge in [-0.05, 0) is 30.7 Å². The van der Waals surface area contributed by atoms with Gasteiger partial charge in [0.1, 0.15) is 5.78 Å². The summed E-state index contributed by atoms with van der Waals surface area (Å²) in [6.45, 7) is 1.35. The van der Waals surface area contributed by atoms with Crippen molar-refractivity contribution in [3.05, 3.63) is 29.6 Å². The van der Waals surface area contributed by atoms with Crippen LogP contribution in [0.25, 0.3) is 0 Å². The van der Waals surface area contributed by atoms with Gasteiger partial charge in [-0.2, -0.15) is 0 Å². The van der Waals surface area contributed by atoms with Crippen LogP contribution in [0.15, 0.2) is 18.2 Å². The van der Waals surface area contributed by atoms with Gasteiger partial charge in [0, 0.05) is 18.6 Å². The molecule has 1 aromatic carbocycles. The molecule has 0 amide bonds. The van der Waals surface area contributed by atoms with Crippen molar-refractivity contribution < 1.29 is 19.4 Å². The number of phenols is 1. The molecule has 0 spiro atoms. The maximum absolute atomic E-state index is 13.0. The molecule has 0 aliphatic carbocycles. The molecule has 0 aromatic heterocycles. The molecule has 0 unspecified atom stereocenters. The van der Waals surface area contributed by atoms with Crippen LogP contribution in [0.2, 0.25) is 0 Å². The molecule has 17 heavy (non-hydrogen) atoms. The van der Waals surface area contributed by atoms with E-state index in [0.29, 0.717) is 0 Å². The molecule has 1 atom stereocenters. The van der Waals surface area contributed by atoms with E-state index in [2.05, 4.69) is 0 Å². The topological polar surface area (TPSA) is 81.4 Å². The Bertz CT molecular complexity index is 445.